The molecule has 88 valence electrons. The molecule has 0 aliphatic heterocycles. The van der Waals surface area contributed by atoms with Crippen LogP contribution in [0.25, 0.3) is 0 Å². The Morgan fingerprint density at radius 3 is 2.44 bits per heavy atom. The Balaban J connectivity index is 2.42. The summed E-state index contributed by atoms with van der Waals surface area (Å²) in [5.41, 5.74) is -0.287. The number of esters is 1. The molecule has 1 aliphatic carbocycles. The molecule has 0 atom stereocenters. The highest BCUT2D eigenvalue weighted by atomic mass is 16.5. The fraction of sp³-hybridized carbons (Fsp3) is 0.692. The number of terminal acetylenes is 1. The van der Waals surface area contributed by atoms with Crippen molar-refractivity contribution in [1.82, 2.24) is 0 Å². The van der Waals surface area contributed by atoms with Crippen LogP contribution >= 0.6 is 0 Å². The van der Waals surface area contributed by atoms with Gasteiger partial charge in [0, 0.05) is 0 Å². The summed E-state index contributed by atoms with van der Waals surface area (Å²) in [7, 11) is 0. The molecular weight excluding hydrogens is 204 g/mol. The van der Waals surface area contributed by atoms with Crippen molar-refractivity contribution in [3.05, 3.63) is 0 Å². The van der Waals surface area contributed by atoms with Crippen molar-refractivity contribution in [3.63, 3.8) is 0 Å². The lowest BCUT2D eigenvalue weighted by molar-refractivity contribution is -0.148. The minimum absolute atomic E-state index is 0.152. The largest absolute Gasteiger partial charge is 0.464 e. The van der Waals surface area contributed by atoms with E-state index < -0.39 is 5.97 Å². The first kappa shape index (κ1) is 12.8. The smallest absolute Gasteiger partial charge is 0.313 e. The van der Waals surface area contributed by atoms with Crippen LogP contribution in [0, 0.1) is 17.8 Å². The second kappa shape index (κ2) is 5.69. The highest BCUT2D eigenvalue weighted by Crippen LogP contribution is 2.35. The van der Waals surface area contributed by atoms with Gasteiger partial charge in [-0.25, -0.2) is 0 Å². The molecule has 1 aliphatic rings. The molecule has 0 heterocycles. The molecule has 1 fully saturated rings. The summed E-state index contributed by atoms with van der Waals surface area (Å²) in [4.78, 5) is 22.0. The maximum absolute atomic E-state index is 11.2. The van der Waals surface area contributed by atoms with Gasteiger partial charge in [0.1, 0.15) is 18.8 Å². The van der Waals surface area contributed by atoms with Crippen molar-refractivity contribution in [1.29, 1.82) is 0 Å². The Kier molecular flexibility index (Phi) is 4.54. The topological polar surface area (TPSA) is 43.4 Å². The Morgan fingerprint density at radius 1 is 1.31 bits per heavy atom. The highest BCUT2D eigenvalue weighted by molar-refractivity contribution is 5.94. The number of hydrogen-bond donors (Lipinski definition) is 0. The van der Waals surface area contributed by atoms with Crippen molar-refractivity contribution in [2.75, 3.05) is 6.61 Å². The zero-order chi connectivity index (χ0) is 12.0. The lowest BCUT2D eigenvalue weighted by Crippen LogP contribution is -2.29. The van der Waals surface area contributed by atoms with Crippen molar-refractivity contribution in [2.45, 2.75) is 45.4 Å². The van der Waals surface area contributed by atoms with Crippen molar-refractivity contribution in [2.24, 2.45) is 5.41 Å². The minimum Gasteiger partial charge on any atom is -0.464 e. The number of ketones is 1. The number of carbonyl (C=O) groups is 2. The Morgan fingerprint density at radius 2 is 1.94 bits per heavy atom. The van der Waals surface area contributed by atoms with E-state index in [1.165, 1.54) is 13.3 Å². The van der Waals surface area contributed by atoms with Crippen molar-refractivity contribution >= 4 is 11.8 Å². The van der Waals surface area contributed by atoms with Gasteiger partial charge in [-0.2, -0.15) is 0 Å². The third kappa shape index (κ3) is 3.69. The van der Waals surface area contributed by atoms with Crippen LogP contribution in [-0.4, -0.2) is 18.4 Å². The number of ether oxygens (including phenoxy) is 1. The summed E-state index contributed by atoms with van der Waals surface area (Å²) < 4.78 is 5.08. The fourth-order valence-electron chi connectivity index (χ4n) is 2.03. The summed E-state index contributed by atoms with van der Waals surface area (Å²) in [6.07, 6.45) is 10.6. The molecule has 0 radical (unpaired) electrons. The third-order valence-corrected chi connectivity index (χ3v) is 3.02. The fourth-order valence-corrected chi connectivity index (χ4v) is 2.03. The molecular formula is C13H18O3. The molecule has 1 saturated carbocycles. The number of rotatable bonds is 4. The standard InChI is InChI=1S/C13H18O3/c1-3-13(7-5-4-6-8-13)10-16-12(15)9-11(2)14/h1H,4-10H2,2H3. The van der Waals surface area contributed by atoms with Gasteiger partial charge in [-0.3, -0.25) is 9.59 Å². The summed E-state index contributed by atoms with van der Waals surface area (Å²) in [5, 5.41) is 0. The van der Waals surface area contributed by atoms with Crippen LogP contribution in [0.1, 0.15) is 45.4 Å². The van der Waals surface area contributed by atoms with Crippen LogP contribution in [0.4, 0.5) is 0 Å². The zero-order valence-corrected chi connectivity index (χ0v) is 9.75. The van der Waals surface area contributed by atoms with E-state index in [1.54, 1.807) is 0 Å². The first-order valence-electron chi connectivity index (χ1n) is 5.71. The Hall–Kier alpha value is -1.30. The van der Waals surface area contributed by atoms with Gasteiger partial charge >= 0.3 is 5.97 Å². The molecule has 1 rings (SSSR count). The van der Waals surface area contributed by atoms with Gasteiger partial charge in [0.15, 0.2) is 0 Å². The second-order valence-electron chi connectivity index (χ2n) is 4.52. The van der Waals surface area contributed by atoms with Gasteiger partial charge in [-0.05, 0) is 19.8 Å². The first-order chi connectivity index (χ1) is 7.58. The van der Waals surface area contributed by atoms with Gasteiger partial charge < -0.3 is 4.74 Å². The quantitative estimate of drug-likeness (QED) is 0.415. The van der Waals surface area contributed by atoms with Gasteiger partial charge in [-0.1, -0.05) is 25.2 Å². The van der Waals surface area contributed by atoms with Crippen LogP contribution in [0.5, 0.6) is 0 Å². The molecule has 0 aromatic rings. The van der Waals surface area contributed by atoms with Crippen LogP contribution in [0.15, 0.2) is 0 Å². The molecule has 16 heavy (non-hydrogen) atoms. The summed E-state index contributed by atoms with van der Waals surface area (Å²) >= 11 is 0. The van der Waals surface area contributed by atoms with Gasteiger partial charge in [0.2, 0.25) is 0 Å². The molecule has 0 aromatic carbocycles. The van der Waals surface area contributed by atoms with Crippen LogP contribution in [0.3, 0.4) is 0 Å². The van der Waals surface area contributed by atoms with Crippen molar-refractivity contribution < 1.29 is 14.3 Å². The predicted molar refractivity (Wildman–Crippen MR) is 60.6 cm³/mol. The van der Waals surface area contributed by atoms with E-state index in [1.807, 2.05) is 0 Å². The number of hydrogen-bond acceptors (Lipinski definition) is 3. The van der Waals surface area contributed by atoms with E-state index >= 15 is 0 Å². The summed E-state index contributed by atoms with van der Waals surface area (Å²) in [6, 6.07) is 0. The maximum atomic E-state index is 11.2. The van der Waals surface area contributed by atoms with E-state index in [9.17, 15) is 9.59 Å². The lowest BCUT2D eigenvalue weighted by atomic mass is 9.75. The van der Waals surface area contributed by atoms with Gasteiger partial charge in [-0.15, -0.1) is 6.42 Å². The maximum Gasteiger partial charge on any atom is 0.313 e. The van der Waals surface area contributed by atoms with Gasteiger partial charge in [0.05, 0.1) is 5.41 Å². The first-order valence-corrected chi connectivity index (χ1v) is 5.71. The monoisotopic (exact) mass is 222 g/mol. The number of Topliss-reactive ketones (excluding diaryl/α,β-unsaturated/α-hetero) is 1. The summed E-state index contributed by atoms with van der Waals surface area (Å²) in [5.74, 6) is 2.12. The second-order valence-corrected chi connectivity index (χ2v) is 4.52. The van der Waals surface area contributed by atoms with E-state index in [4.69, 9.17) is 11.2 Å². The van der Waals surface area contributed by atoms with Crippen molar-refractivity contribution in [3.8, 4) is 12.3 Å². The average Bonchev–Trinajstić information content (AvgIpc) is 2.27. The molecule has 0 aromatic heterocycles. The molecule has 0 unspecified atom stereocenters. The number of carbonyl (C=O) groups excluding carboxylic acids is 2. The normalized spacial score (nSPS) is 18.5. The molecule has 0 saturated heterocycles. The zero-order valence-electron chi connectivity index (χ0n) is 9.75. The highest BCUT2D eigenvalue weighted by Gasteiger charge is 2.31. The van der Waals surface area contributed by atoms with E-state index in [2.05, 4.69) is 5.92 Å². The van der Waals surface area contributed by atoms with E-state index in [0.29, 0.717) is 0 Å². The molecule has 3 nitrogen and oxygen atoms in total. The Bertz CT molecular complexity index is 306. The minimum atomic E-state index is -0.465. The molecule has 0 amide bonds. The van der Waals surface area contributed by atoms with Gasteiger partial charge in [0.25, 0.3) is 0 Å². The predicted octanol–water partition coefficient (Wildman–Crippen LogP) is 2.09. The molecule has 3 heteroatoms. The Labute approximate surface area is 96.5 Å². The van der Waals surface area contributed by atoms with Crippen LogP contribution in [0.2, 0.25) is 0 Å². The van der Waals surface area contributed by atoms with Crippen LogP contribution < -0.4 is 0 Å². The molecule has 0 N–H and O–H groups in total. The average molecular weight is 222 g/mol. The van der Waals surface area contributed by atoms with E-state index in [0.717, 1.165) is 25.7 Å². The SMILES string of the molecule is C#CC1(COC(=O)CC(C)=O)CCCCC1. The summed E-state index contributed by atoms with van der Waals surface area (Å²) in [6.45, 7) is 1.63. The molecule has 0 bridgehead atoms. The van der Waals surface area contributed by atoms with Crippen LogP contribution in [-0.2, 0) is 14.3 Å². The third-order valence-electron chi connectivity index (χ3n) is 3.02. The molecule has 0 spiro atoms. The van der Waals surface area contributed by atoms with E-state index in [-0.39, 0.29) is 24.2 Å². The lowest BCUT2D eigenvalue weighted by Gasteiger charge is -2.31.